The number of fused-ring (bicyclic) bond motifs is 1. The summed E-state index contributed by atoms with van der Waals surface area (Å²) in [5.41, 5.74) is 4.38. The summed E-state index contributed by atoms with van der Waals surface area (Å²) in [6, 6.07) is 10.3. The fourth-order valence-corrected chi connectivity index (χ4v) is 5.30. The molecule has 5 atom stereocenters. The molecule has 1 saturated heterocycles. The second-order valence-electron chi connectivity index (χ2n) is 9.13. The molecule has 1 saturated carbocycles. The van der Waals surface area contributed by atoms with Gasteiger partial charge in [0.25, 0.3) is 0 Å². The Morgan fingerprint density at radius 3 is 2.48 bits per heavy atom. The lowest BCUT2D eigenvalue weighted by atomic mass is 9.84. The van der Waals surface area contributed by atoms with E-state index in [4.69, 9.17) is 25.8 Å². The molecule has 2 fully saturated rings. The summed E-state index contributed by atoms with van der Waals surface area (Å²) in [6.45, 7) is -0.144. The molecule has 2 unspecified atom stereocenters. The van der Waals surface area contributed by atoms with E-state index >= 15 is 0 Å². The van der Waals surface area contributed by atoms with E-state index in [2.05, 4.69) is 24.3 Å². The van der Waals surface area contributed by atoms with Crippen molar-refractivity contribution in [2.24, 2.45) is 0 Å². The van der Waals surface area contributed by atoms with E-state index in [1.54, 1.807) is 0 Å². The first-order valence-electron chi connectivity index (χ1n) is 11.3. The summed E-state index contributed by atoms with van der Waals surface area (Å²) in [4.78, 5) is 0. The molecule has 0 amide bonds. The molecular formula is C25H29ClO7. The quantitative estimate of drug-likeness (QED) is 0.505. The Morgan fingerprint density at radius 2 is 1.85 bits per heavy atom. The molecule has 0 radical (unpaired) electrons. The highest BCUT2D eigenvalue weighted by atomic mass is 35.5. The average molecular weight is 477 g/mol. The Labute approximate surface area is 197 Å². The molecule has 5 rings (SSSR count). The number of halogens is 1. The van der Waals surface area contributed by atoms with Crippen molar-refractivity contribution in [2.75, 3.05) is 20.3 Å². The van der Waals surface area contributed by atoms with Gasteiger partial charge in [0.1, 0.15) is 30.2 Å². The van der Waals surface area contributed by atoms with Crippen molar-refractivity contribution in [2.45, 2.75) is 61.8 Å². The van der Waals surface area contributed by atoms with Gasteiger partial charge in [-0.25, -0.2) is 0 Å². The maximum Gasteiger partial charge on any atom is 0.225 e. The maximum atomic E-state index is 11.0. The standard InChI is InChI=1S/C25H29ClO7/c1-31-25(24(30)22(29)21(28)19(12-27)33-25)18-11-16(20(26)23-17(18)8-9-32-23)10-13-2-4-14(5-3-13)15-6-7-15/h2-5,11,15,19,21-22,24,27-30H,6-10,12H2,1H3/t19-,21-,22?,24-,25?/m1/s1. The van der Waals surface area contributed by atoms with Gasteiger partial charge in [-0.15, -0.1) is 0 Å². The number of rotatable bonds is 6. The van der Waals surface area contributed by atoms with Crippen LogP contribution in [0.5, 0.6) is 5.75 Å². The molecule has 2 aromatic rings. The molecule has 3 aliphatic rings. The van der Waals surface area contributed by atoms with Crippen molar-refractivity contribution in [1.82, 2.24) is 0 Å². The van der Waals surface area contributed by atoms with E-state index in [0.29, 0.717) is 47.3 Å². The SMILES string of the molecule is COC1(c2cc(Cc3ccc(C4CC4)cc3)c(Cl)c3c2CCO3)O[C@H](CO)[C@@H](O)C(O)[C@H]1O. The highest BCUT2D eigenvalue weighted by Gasteiger charge is 2.56. The Morgan fingerprint density at radius 1 is 1.12 bits per heavy atom. The fraction of sp³-hybridized carbons (Fsp3) is 0.520. The largest absolute Gasteiger partial charge is 0.491 e. The second kappa shape index (κ2) is 8.82. The van der Waals surface area contributed by atoms with E-state index in [1.807, 2.05) is 6.07 Å². The zero-order valence-electron chi connectivity index (χ0n) is 18.4. The third-order valence-electron chi connectivity index (χ3n) is 7.05. The van der Waals surface area contributed by atoms with Crippen molar-refractivity contribution >= 4 is 11.6 Å². The Bertz CT molecular complexity index is 1020. The molecule has 8 heteroatoms. The molecule has 1 aliphatic carbocycles. The van der Waals surface area contributed by atoms with Crippen molar-refractivity contribution < 1.29 is 34.6 Å². The Kier molecular flexibility index (Phi) is 6.16. The smallest absolute Gasteiger partial charge is 0.225 e. The molecule has 0 bridgehead atoms. The number of methoxy groups -OCH3 is 1. The van der Waals surface area contributed by atoms with Crippen molar-refractivity contribution in [1.29, 1.82) is 0 Å². The first kappa shape index (κ1) is 23.1. The van der Waals surface area contributed by atoms with Gasteiger partial charge in [-0.1, -0.05) is 35.9 Å². The topological polar surface area (TPSA) is 109 Å². The molecule has 2 aliphatic heterocycles. The molecule has 33 heavy (non-hydrogen) atoms. The Balaban J connectivity index is 1.57. The summed E-state index contributed by atoms with van der Waals surface area (Å²) in [5, 5.41) is 42.0. The van der Waals surface area contributed by atoms with E-state index < -0.39 is 36.8 Å². The van der Waals surface area contributed by atoms with Gasteiger partial charge in [-0.2, -0.15) is 0 Å². The van der Waals surface area contributed by atoms with Gasteiger partial charge in [0.05, 0.1) is 18.2 Å². The summed E-state index contributed by atoms with van der Waals surface area (Å²) in [5.74, 6) is -0.624. The normalized spacial score (nSPS) is 31.3. The second-order valence-corrected chi connectivity index (χ2v) is 9.51. The van der Waals surface area contributed by atoms with Gasteiger partial charge in [-0.3, -0.25) is 0 Å². The molecule has 4 N–H and O–H groups in total. The minimum absolute atomic E-state index is 0.409. The first-order valence-corrected chi connectivity index (χ1v) is 11.7. The lowest BCUT2D eigenvalue weighted by molar-refractivity contribution is -0.366. The minimum atomic E-state index is -1.81. The number of aliphatic hydroxyl groups is 4. The van der Waals surface area contributed by atoms with Crippen LogP contribution in [-0.4, -0.2) is 65.2 Å². The van der Waals surface area contributed by atoms with Crippen LogP contribution >= 0.6 is 11.6 Å². The predicted molar refractivity (Wildman–Crippen MR) is 121 cm³/mol. The van der Waals surface area contributed by atoms with Crippen LogP contribution in [0.15, 0.2) is 30.3 Å². The fourth-order valence-electron chi connectivity index (χ4n) is 5.01. The van der Waals surface area contributed by atoms with Crippen LogP contribution < -0.4 is 4.74 Å². The number of hydrogen-bond donors (Lipinski definition) is 4. The van der Waals surface area contributed by atoms with Crippen LogP contribution in [-0.2, 0) is 28.1 Å². The summed E-state index contributed by atoms with van der Waals surface area (Å²) < 4.78 is 17.5. The van der Waals surface area contributed by atoms with Crippen LogP contribution in [0.1, 0.15) is 46.6 Å². The van der Waals surface area contributed by atoms with E-state index in [-0.39, 0.29) is 0 Å². The van der Waals surface area contributed by atoms with Crippen molar-refractivity contribution in [3.05, 3.63) is 63.2 Å². The highest BCUT2D eigenvalue weighted by Crippen LogP contribution is 2.48. The van der Waals surface area contributed by atoms with Crippen LogP contribution in [0.3, 0.4) is 0 Å². The lowest BCUT2D eigenvalue weighted by Gasteiger charge is -2.48. The Hall–Kier alpha value is -1.71. The van der Waals surface area contributed by atoms with Crippen LogP contribution in [0.2, 0.25) is 5.02 Å². The highest BCUT2D eigenvalue weighted by molar-refractivity contribution is 6.33. The van der Waals surface area contributed by atoms with Crippen LogP contribution in [0.4, 0.5) is 0 Å². The van der Waals surface area contributed by atoms with Crippen LogP contribution in [0.25, 0.3) is 0 Å². The van der Waals surface area contributed by atoms with Gasteiger partial charge < -0.3 is 34.6 Å². The van der Waals surface area contributed by atoms with Crippen molar-refractivity contribution in [3.8, 4) is 5.75 Å². The average Bonchev–Trinajstić information content (AvgIpc) is 3.56. The van der Waals surface area contributed by atoms with Gasteiger partial charge in [0.15, 0.2) is 0 Å². The minimum Gasteiger partial charge on any atom is -0.491 e. The molecule has 178 valence electrons. The number of ether oxygens (including phenoxy) is 3. The molecular weight excluding hydrogens is 448 g/mol. The zero-order valence-corrected chi connectivity index (χ0v) is 19.2. The number of benzene rings is 2. The molecule has 7 nitrogen and oxygen atoms in total. The van der Waals surface area contributed by atoms with E-state index in [1.165, 1.54) is 25.5 Å². The third-order valence-corrected chi connectivity index (χ3v) is 7.46. The summed E-state index contributed by atoms with van der Waals surface area (Å²) in [7, 11) is 1.36. The van der Waals surface area contributed by atoms with Gasteiger partial charge in [-0.05, 0) is 47.9 Å². The summed E-state index contributed by atoms with van der Waals surface area (Å²) in [6.07, 6.45) is -2.26. The van der Waals surface area contributed by atoms with Gasteiger partial charge >= 0.3 is 0 Å². The van der Waals surface area contributed by atoms with Gasteiger partial charge in [0, 0.05) is 24.7 Å². The third kappa shape index (κ3) is 3.86. The van der Waals surface area contributed by atoms with Crippen LogP contribution in [0, 0.1) is 0 Å². The number of hydrogen-bond acceptors (Lipinski definition) is 7. The van der Waals surface area contributed by atoms with Crippen molar-refractivity contribution in [3.63, 3.8) is 0 Å². The van der Waals surface area contributed by atoms with E-state index in [0.717, 1.165) is 11.1 Å². The lowest BCUT2D eigenvalue weighted by Crippen LogP contribution is -2.64. The predicted octanol–water partition coefficient (Wildman–Crippen LogP) is 2.02. The molecule has 2 aromatic carbocycles. The molecule has 0 spiro atoms. The maximum absolute atomic E-state index is 11.0. The molecule has 0 aromatic heterocycles. The van der Waals surface area contributed by atoms with E-state index in [9.17, 15) is 20.4 Å². The first-order chi connectivity index (χ1) is 15.9. The van der Waals surface area contributed by atoms with Gasteiger partial charge in [0.2, 0.25) is 5.79 Å². The molecule has 2 heterocycles. The zero-order chi connectivity index (χ0) is 23.3. The monoisotopic (exact) mass is 476 g/mol. The number of aliphatic hydroxyl groups excluding tert-OH is 4. The summed E-state index contributed by atoms with van der Waals surface area (Å²) >= 11 is 6.74.